The molecule has 0 saturated carbocycles. The first-order valence-corrected chi connectivity index (χ1v) is 8.89. The molecule has 5 nitrogen and oxygen atoms in total. The molecule has 0 fully saturated rings. The maximum absolute atomic E-state index is 12.1. The van der Waals surface area contributed by atoms with Crippen LogP contribution in [-0.4, -0.2) is 24.3 Å². The van der Waals surface area contributed by atoms with Gasteiger partial charge in [-0.15, -0.1) is 0 Å². The fourth-order valence-corrected chi connectivity index (χ4v) is 3.06. The third kappa shape index (κ3) is 4.97. The van der Waals surface area contributed by atoms with Gasteiger partial charge in [0.2, 0.25) is 0 Å². The van der Waals surface area contributed by atoms with Crippen molar-refractivity contribution in [1.29, 1.82) is 0 Å². The van der Waals surface area contributed by atoms with Crippen molar-refractivity contribution < 1.29 is 14.6 Å². The Morgan fingerprint density at radius 1 is 1.33 bits per heavy atom. The van der Waals surface area contributed by atoms with Gasteiger partial charge in [-0.2, -0.15) is 11.3 Å². The predicted octanol–water partition coefficient (Wildman–Crippen LogP) is 3.41. The molecule has 0 spiro atoms. The smallest absolute Gasteiger partial charge is 0.315 e. The summed E-state index contributed by atoms with van der Waals surface area (Å²) >= 11 is 1.51. The van der Waals surface area contributed by atoms with Gasteiger partial charge in [0.1, 0.15) is 11.4 Å². The molecule has 0 aliphatic heterocycles. The third-order valence-electron chi connectivity index (χ3n) is 3.77. The molecule has 6 heteroatoms. The number of carbonyl (C=O) groups is 1. The Hall–Kier alpha value is -2.05. The van der Waals surface area contributed by atoms with Crippen molar-refractivity contribution in [3.05, 3.63) is 52.2 Å². The highest BCUT2D eigenvalue weighted by Gasteiger charge is 2.24. The van der Waals surface area contributed by atoms with Gasteiger partial charge in [-0.05, 0) is 60.9 Å². The van der Waals surface area contributed by atoms with Crippen LogP contribution >= 0.6 is 11.3 Å². The molecule has 1 aromatic heterocycles. The number of thiophene rings is 1. The van der Waals surface area contributed by atoms with Gasteiger partial charge in [-0.1, -0.05) is 12.1 Å². The van der Waals surface area contributed by atoms with E-state index < -0.39 is 5.60 Å². The number of aliphatic hydroxyl groups is 1. The van der Waals surface area contributed by atoms with E-state index in [1.165, 1.54) is 11.3 Å². The zero-order chi connectivity index (χ0) is 17.6. The molecule has 0 aliphatic carbocycles. The minimum absolute atomic E-state index is 0.144. The number of carbonyl (C=O) groups excluding carboxylic acids is 1. The molecule has 24 heavy (non-hydrogen) atoms. The predicted molar refractivity (Wildman–Crippen MR) is 96.5 cm³/mol. The maximum Gasteiger partial charge on any atom is 0.315 e. The molecule has 2 unspecified atom stereocenters. The summed E-state index contributed by atoms with van der Waals surface area (Å²) in [5.74, 6) is 0.810. The second-order valence-electron chi connectivity index (χ2n) is 5.84. The Morgan fingerprint density at radius 2 is 2.04 bits per heavy atom. The lowest BCUT2D eigenvalue weighted by Crippen LogP contribution is -2.44. The maximum atomic E-state index is 12.1. The Bertz CT molecular complexity index is 639. The highest BCUT2D eigenvalue weighted by atomic mass is 32.1. The van der Waals surface area contributed by atoms with Gasteiger partial charge in [-0.25, -0.2) is 4.79 Å². The lowest BCUT2D eigenvalue weighted by atomic mass is 9.99. The monoisotopic (exact) mass is 348 g/mol. The molecule has 3 N–H and O–H groups in total. The molecule has 0 bridgehead atoms. The number of nitrogens with one attached hydrogen (secondary N) is 2. The molecule has 1 heterocycles. The molecular weight excluding hydrogens is 324 g/mol. The lowest BCUT2D eigenvalue weighted by molar-refractivity contribution is 0.0597. The summed E-state index contributed by atoms with van der Waals surface area (Å²) < 4.78 is 5.41. The van der Waals surface area contributed by atoms with Crippen LogP contribution in [-0.2, 0) is 5.60 Å². The van der Waals surface area contributed by atoms with E-state index in [0.29, 0.717) is 6.61 Å². The van der Waals surface area contributed by atoms with Crippen LogP contribution < -0.4 is 15.4 Å². The molecule has 2 amide bonds. The number of amides is 2. The van der Waals surface area contributed by atoms with Crippen molar-refractivity contribution in [2.75, 3.05) is 13.2 Å². The van der Waals surface area contributed by atoms with E-state index in [1.807, 2.05) is 54.9 Å². The molecule has 0 radical (unpaired) electrons. The van der Waals surface area contributed by atoms with Crippen molar-refractivity contribution in [1.82, 2.24) is 10.6 Å². The molecular formula is C18H24N2O3S. The number of ether oxygens (including phenoxy) is 1. The molecule has 0 saturated heterocycles. The summed E-state index contributed by atoms with van der Waals surface area (Å²) in [4.78, 5) is 12.1. The summed E-state index contributed by atoms with van der Waals surface area (Å²) in [5.41, 5.74) is 0.699. The molecule has 1 aromatic carbocycles. The highest BCUT2D eigenvalue weighted by Crippen LogP contribution is 2.22. The molecule has 0 aliphatic rings. The van der Waals surface area contributed by atoms with Gasteiger partial charge in [0, 0.05) is 0 Å². The van der Waals surface area contributed by atoms with Crippen LogP contribution in [0, 0.1) is 0 Å². The topological polar surface area (TPSA) is 70.6 Å². The fourth-order valence-electron chi connectivity index (χ4n) is 2.28. The van der Waals surface area contributed by atoms with Crippen molar-refractivity contribution >= 4 is 17.4 Å². The summed E-state index contributed by atoms with van der Waals surface area (Å²) in [5, 5.41) is 19.8. The quantitative estimate of drug-likeness (QED) is 0.718. The van der Waals surface area contributed by atoms with E-state index in [4.69, 9.17) is 4.74 Å². The van der Waals surface area contributed by atoms with Crippen LogP contribution in [0.5, 0.6) is 5.75 Å². The van der Waals surface area contributed by atoms with Crippen LogP contribution in [0.3, 0.4) is 0 Å². The number of hydrogen-bond acceptors (Lipinski definition) is 4. The fraction of sp³-hybridized carbons (Fsp3) is 0.389. The van der Waals surface area contributed by atoms with Gasteiger partial charge in [-0.3, -0.25) is 0 Å². The summed E-state index contributed by atoms with van der Waals surface area (Å²) in [6.45, 7) is 6.30. The first-order chi connectivity index (χ1) is 11.4. The Labute approximate surface area is 146 Å². The standard InChI is InChI=1S/C18H24N2O3S/c1-4-23-16-7-5-14(6-8-16)13(2)20-17(21)19-12-18(3,22)15-9-10-24-11-15/h5-11,13,22H,4,12H2,1-3H3,(H2,19,20,21). The third-order valence-corrected chi connectivity index (χ3v) is 4.46. The van der Waals surface area contributed by atoms with Crippen LogP contribution in [0.15, 0.2) is 41.1 Å². The van der Waals surface area contributed by atoms with Crippen LogP contribution in [0.4, 0.5) is 4.79 Å². The van der Waals surface area contributed by atoms with Crippen LogP contribution in [0.1, 0.15) is 37.9 Å². The van der Waals surface area contributed by atoms with Crippen molar-refractivity contribution in [2.45, 2.75) is 32.4 Å². The SMILES string of the molecule is CCOc1ccc(C(C)NC(=O)NCC(C)(O)c2ccsc2)cc1. The molecule has 130 valence electrons. The number of benzene rings is 1. The van der Waals surface area contributed by atoms with Gasteiger partial charge in [0.15, 0.2) is 0 Å². The average molecular weight is 348 g/mol. The second-order valence-corrected chi connectivity index (χ2v) is 6.62. The normalized spacial score (nSPS) is 14.5. The largest absolute Gasteiger partial charge is 0.494 e. The summed E-state index contributed by atoms with van der Waals surface area (Å²) in [6.07, 6.45) is 0. The first-order valence-electron chi connectivity index (χ1n) is 7.94. The number of rotatable bonds is 7. The van der Waals surface area contributed by atoms with Crippen LogP contribution in [0.2, 0.25) is 0 Å². The van der Waals surface area contributed by atoms with Gasteiger partial charge < -0.3 is 20.5 Å². The molecule has 2 atom stereocenters. The minimum Gasteiger partial charge on any atom is -0.494 e. The van der Waals surface area contributed by atoms with Crippen molar-refractivity contribution in [3.8, 4) is 5.75 Å². The average Bonchev–Trinajstić information content (AvgIpc) is 3.09. The zero-order valence-corrected chi connectivity index (χ0v) is 15.0. The second kappa shape index (κ2) is 8.17. The Kier molecular flexibility index (Phi) is 6.23. The van der Waals surface area contributed by atoms with Crippen molar-refractivity contribution in [3.63, 3.8) is 0 Å². The number of hydrogen-bond donors (Lipinski definition) is 3. The first kappa shape index (κ1) is 18.3. The Morgan fingerprint density at radius 3 is 2.62 bits per heavy atom. The molecule has 2 aromatic rings. The summed E-state index contributed by atoms with van der Waals surface area (Å²) in [7, 11) is 0. The van der Waals surface area contributed by atoms with Gasteiger partial charge >= 0.3 is 6.03 Å². The van der Waals surface area contributed by atoms with E-state index >= 15 is 0 Å². The number of urea groups is 1. The van der Waals surface area contributed by atoms with E-state index in [9.17, 15) is 9.90 Å². The molecule has 2 rings (SSSR count). The highest BCUT2D eigenvalue weighted by molar-refractivity contribution is 7.08. The lowest BCUT2D eigenvalue weighted by Gasteiger charge is -2.23. The zero-order valence-electron chi connectivity index (χ0n) is 14.2. The van der Waals surface area contributed by atoms with E-state index in [2.05, 4.69) is 10.6 Å². The van der Waals surface area contributed by atoms with Gasteiger partial charge in [0.05, 0.1) is 19.2 Å². The van der Waals surface area contributed by atoms with Crippen molar-refractivity contribution in [2.24, 2.45) is 0 Å². The van der Waals surface area contributed by atoms with E-state index in [-0.39, 0.29) is 18.6 Å². The summed E-state index contributed by atoms with van der Waals surface area (Å²) in [6, 6.07) is 9.02. The Balaban J connectivity index is 1.85. The van der Waals surface area contributed by atoms with E-state index in [1.54, 1.807) is 6.92 Å². The van der Waals surface area contributed by atoms with Crippen LogP contribution in [0.25, 0.3) is 0 Å². The van der Waals surface area contributed by atoms with Gasteiger partial charge in [0.25, 0.3) is 0 Å². The van der Waals surface area contributed by atoms with E-state index in [0.717, 1.165) is 16.9 Å². The minimum atomic E-state index is -1.08.